The minimum absolute atomic E-state index is 0.737. The first-order chi connectivity index (χ1) is 8.27. The summed E-state index contributed by atoms with van der Waals surface area (Å²) in [6.07, 6.45) is 2.89. The third-order valence-corrected chi connectivity index (χ3v) is 2.90. The van der Waals surface area contributed by atoms with Gasteiger partial charge in [0.25, 0.3) is 0 Å². The molecular weight excluding hydrogens is 212 g/mol. The van der Waals surface area contributed by atoms with Crippen molar-refractivity contribution >= 4 is 0 Å². The molecule has 1 aromatic heterocycles. The topological polar surface area (TPSA) is 27.1 Å². The van der Waals surface area contributed by atoms with Gasteiger partial charge in [-0.15, -0.1) is 0 Å². The predicted octanol–water partition coefficient (Wildman–Crippen LogP) is 2.97. The van der Waals surface area contributed by atoms with E-state index in [2.05, 4.69) is 16.5 Å². The van der Waals surface area contributed by atoms with Gasteiger partial charge in [-0.25, -0.2) is 4.98 Å². The molecule has 0 aliphatic carbocycles. The van der Waals surface area contributed by atoms with Crippen molar-refractivity contribution < 1.29 is 4.74 Å². The van der Waals surface area contributed by atoms with Crippen molar-refractivity contribution in [2.45, 2.75) is 26.8 Å². The zero-order valence-electron chi connectivity index (χ0n) is 10.4. The number of aryl methyl sites for hydroxylation is 2. The molecule has 0 aliphatic rings. The smallest absolute Gasteiger partial charge is 0.119 e. The molecule has 1 heterocycles. The van der Waals surface area contributed by atoms with Gasteiger partial charge in [-0.1, -0.05) is 18.2 Å². The fraction of sp³-hybridized carbons (Fsp3) is 0.357. The van der Waals surface area contributed by atoms with Crippen molar-refractivity contribution in [2.75, 3.05) is 6.61 Å². The Labute approximate surface area is 102 Å². The Morgan fingerprint density at radius 3 is 2.59 bits per heavy atom. The van der Waals surface area contributed by atoms with Crippen LogP contribution in [0.15, 0.2) is 36.7 Å². The first kappa shape index (κ1) is 11.7. The molecule has 0 N–H and O–H groups in total. The van der Waals surface area contributed by atoms with E-state index in [4.69, 9.17) is 4.74 Å². The summed E-state index contributed by atoms with van der Waals surface area (Å²) in [5, 5.41) is 0. The Bertz CT molecular complexity index is 462. The molecule has 17 heavy (non-hydrogen) atoms. The zero-order chi connectivity index (χ0) is 12.1. The first-order valence-electron chi connectivity index (χ1n) is 5.93. The maximum absolute atomic E-state index is 5.64. The number of para-hydroxylation sites is 1. The standard InChI is InChI=1S/C14H18N2O/c1-12-13(2)16(11-15-12)9-6-10-17-14-7-4-3-5-8-14/h3-5,7-8,11H,6,9-10H2,1-2H3. The van der Waals surface area contributed by atoms with Crippen molar-refractivity contribution in [1.29, 1.82) is 0 Å². The minimum Gasteiger partial charge on any atom is -0.494 e. The Morgan fingerprint density at radius 2 is 1.94 bits per heavy atom. The van der Waals surface area contributed by atoms with Gasteiger partial charge in [0, 0.05) is 12.2 Å². The molecule has 0 spiro atoms. The normalized spacial score (nSPS) is 10.5. The summed E-state index contributed by atoms with van der Waals surface area (Å²) in [7, 11) is 0. The summed E-state index contributed by atoms with van der Waals surface area (Å²) in [4.78, 5) is 4.28. The molecule has 0 radical (unpaired) electrons. The molecule has 3 nitrogen and oxygen atoms in total. The molecule has 0 amide bonds. The van der Waals surface area contributed by atoms with Gasteiger partial charge in [-0.05, 0) is 32.4 Å². The largest absolute Gasteiger partial charge is 0.494 e. The van der Waals surface area contributed by atoms with Crippen molar-refractivity contribution in [2.24, 2.45) is 0 Å². The summed E-state index contributed by atoms with van der Waals surface area (Å²) in [5.74, 6) is 0.936. The zero-order valence-corrected chi connectivity index (χ0v) is 10.4. The average Bonchev–Trinajstić information content (AvgIpc) is 2.67. The lowest BCUT2D eigenvalue weighted by atomic mass is 10.3. The molecule has 1 aromatic carbocycles. The Kier molecular flexibility index (Phi) is 3.81. The first-order valence-corrected chi connectivity index (χ1v) is 5.93. The second-order valence-corrected chi connectivity index (χ2v) is 4.12. The van der Waals surface area contributed by atoms with Gasteiger partial charge in [0.05, 0.1) is 18.6 Å². The van der Waals surface area contributed by atoms with Crippen molar-refractivity contribution in [3.8, 4) is 5.75 Å². The van der Waals surface area contributed by atoms with E-state index >= 15 is 0 Å². The summed E-state index contributed by atoms with van der Waals surface area (Å²) in [6.45, 7) is 5.83. The summed E-state index contributed by atoms with van der Waals surface area (Å²) in [5.41, 5.74) is 2.35. The molecule has 90 valence electrons. The van der Waals surface area contributed by atoms with Crippen LogP contribution < -0.4 is 4.74 Å². The second-order valence-electron chi connectivity index (χ2n) is 4.12. The molecule has 2 rings (SSSR count). The van der Waals surface area contributed by atoms with E-state index in [0.717, 1.165) is 31.0 Å². The summed E-state index contributed by atoms with van der Waals surface area (Å²) < 4.78 is 7.81. The Hall–Kier alpha value is -1.77. The molecule has 0 aliphatic heterocycles. The molecule has 2 aromatic rings. The van der Waals surface area contributed by atoms with E-state index < -0.39 is 0 Å². The molecular formula is C14H18N2O. The Morgan fingerprint density at radius 1 is 1.18 bits per heavy atom. The number of imidazole rings is 1. The maximum Gasteiger partial charge on any atom is 0.119 e. The van der Waals surface area contributed by atoms with Gasteiger partial charge >= 0.3 is 0 Å². The van der Waals surface area contributed by atoms with Crippen molar-refractivity contribution in [3.63, 3.8) is 0 Å². The minimum atomic E-state index is 0.737. The molecule has 0 atom stereocenters. The maximum atomic E-state index is 5.64. The molecule has 0 bridgehead atoms. The highest BCUT2D eigenvalue weighted by Crippen LogP contribution is 2.09. The van der Waals surface area contributed by atoms with Crippen LogP contribution in [0.5, 0.6) is 5.75 Å². The molecule has 0 saturated carbocycles. The highest BCUT2D eigenvalue weighted by atomic mass is 16.5. The van der Waals surface area contributed by atoms with Crippen LogP contribution in [0.25, 0.3) is 0 Å². The van der Waals surface area contributed by atoms with Crippen molar-refractivity contribution in [1.82, 2.24) is 9.55 Å². The molecule has 0 fully saturated rings. The lowest BCUT2D eigenvalue weighted by Gasteiger charge is -2.07. The number of nitrogens with zero attached hydrogens (tertiary/aromatic N) is 2. The highest BCUT2D eigenvalue weighted by molar-refractivity contribution is 5.20. The average molecular weight is 230 g/mol. The van der Waals surface area contributed by atoms with Gasteiger partial charge < -0.3 is 9.30 Å². The number of benzene rings is 1. The lowest BCUT2D eigenvalue weighted by molar-refractivity contribution is 0.301. The van der Waals surface area contributed by atoms with E-state index in [9.17, 15) is 0 Å². The predicted molar refractivity (Wildman–Crippen MR) is 68.3 cm³/mol. The molecule has 0 unspecified atom stereocenters. The fourth-order valence-electron chi connectivity index (χ4n) is 1.71. The third-order valence-electron chi connectivity index (χ3n) is 2.90. The Balaban J connectivity index is 1.75. The SMILES string of the molecule is Cc1ncn(CCCOc2ccccc2)c1C. The van der Waals surface area contributed by atoms with Gasteiger partial charge in [0.1, 0.15) is 5.75 Å². The van der Waals surface area contributed by atoms with Crippen LogP contribution in [0.4, 0.5) is 0 Å². The second kappa shape index (κ2) is 5.53. The van der Waals surface area contributed by atoms with E-state index in [1.165, 1.54) is 5.69 Å². The number of hydrogen-bond donors (Lipinski definition) is 0. The monoisotopic (exact) mass is 230 g/mol. The van der Waals surface area contributed by atoms with Gasteiger partial charge in [0.15, 0.2) is 0 Å². The number of hydrogen-bond acceptors (Lipinski definition) is 2. The van der Waals surface area contributed by atoms with E-state index in [-0.39, 0.29) is 0 Å². The molecule has 0 saturated heterocycles. The van der Waals surface area contributed by atoms with E-state index in [0.29, 0.717) is 0 Å². The van der Waals surface area contributed by atoms with Crippen LogP contribution in [-0.4, -0.2) is 16.2 Å². The van der Waals surface area contributed by atoms with Gasteiger partial charge in [0.2, 0.25) is 0 Å². The number of aromatic nitrogens is 2. The summed E-state index contributed by atoms with van der Waals surface area (Å²) in [6, 6.07) is 9.92. The summed E-state index contributed by atoms with van der Waals surface area (Å²) >= 11 is 0. The van der Waals surface area contributed by atoms with Gasteiger partial charge in [-0.2, -0.15) is 0 Å². The molecule has 3 heteroatoms. The van der Waals surface area contributed by atoms with Crippen molar-refractivity contribution in [3.05, 3.63) is 48.0 Å². The van der Waals surface area contributed by atoms with Gasteiger partial charge in [-0.3, -0.25) is 0 Å². The van der Waals surface area contributed by atoms with Crippen LogP contribution >= 0.6 is 0 Å². The quantitative estimate of drug-likeness (QED) is 0.738. The van der Waals surface area contributed by atoms with Crippen LogP contribution in [-0.2, 0) is 6.54 Å². The van der Waals surface area contributed by atoms with E-state index in [1.54, 1.807) is 0 Å². The van der Waals surface area contributed by atoms with Crippen LogP contribution in [0.3, 0.4) is 0 Å². The van der Waals surface area contributed by atoms with Crippen LogP contribution in [0.2, 0.25) is 0 Å². The van der Waals surface area contributed by atoms with Crippen LogP contribution in [0.1, 0.15) is 17.8 Å². The van der Waals surface area contributed by atoms with Crippen LogP contribution in [0, 0.1) is 13.8 Å². The fourth-order valence-corrected chi connectivity index (χ4v) is 1.71. The number of ether oxygens (including phenoxy) is 1. The lowest BCUT2D eigenvalue weighted by Crippen LogP contribution is -2.05. The number of rotatable bonds is 5. The third kappa shape index (κ3) is 3.09. The highest BCUT2D eigenvalue weighted by Gasteiger charge is 2.01. The van der Waals surface area contributed by atoms with E-state index in [1.807, 2.05) is 43.6 Å².